The number of aromatic nitrogens is 2. The average Bonchev–Trinajstić information content (AvgIpc) is 3.10. The molecule has 0 bridgehead atoms. The number of carbonyl (C=O) groups excluding carboxylic acids is 2. The van der Waals surface area contributed by atoms with Crippen LogP contribution >= 0.6 is 0 Å². The number of piperidine rings is 1. The molecule has 1 saturated heterocycles. The average molecular weight is 377 g/mol. The monoisotopic (exact) mass is 377 g/mol. The topological polar surface area (TPSA) is 90.1 Å². The maximum absolute atomic E-state index is 12.7. The van der Waals surface area contributed by atoms with E-state index in [0.29, 0.717) is 19.0 Å². The lowest BCUT2D eigenvalue weighted by atomic mass is 9.97. The van der Waals surface area contributed by atoms with Crippen LogP contribution in [-0.2, 0) is 4.79 Å². The zero-order chi connectivity index (χ0) is 19.5. The molecule has 2 heterocycles. The summed E-state index contributed by atoms with van der Waals surface area (Å²) in [6, 6.07) is 15.1. The van der Waals surface area contributed by atoms with Crippen LogP contribution in [0.1, 0.15) is 18.4 Å². The number of para-hydroxylation sites is 2. The number of nitrogens with zero attached hydrogens (tertiary/aromatic N) is 2. The second-order valence-electron chi connectivity index (χ2n) is 7.18. The van der Waals surface area contributed by atoms with Crippen molar-refractivity contribution >= 4 is 34.6 Å². The van der Waals surface area contributed by atoms with Crippen molar-refractivity contribution in [3.63, 3.8) is 0 Å². The molecule has 0 radical (unpaired) electrons. The second kappa shape index (κ2) is 7.72. The first-order valence-corrected chi connectivity index (χ1v) is 9.47. The number of nitrogens with one attached hydrogen (secondary N) is 3. The molecule has 1 aromatic heterocycles. The molecule has 7 heteroatoms. The van der Waals surface area contributed by atoms with E-state index in [9.17, 15) is 9.59 Å². The molecule has 3 amide bonds. The van der Waals surface area contributed by atoms with Gasteiger partial charge in [-0.1, -0.05) is 24.3 Å². The highest BCUT2D eigenvalue weighted by Gasteiger charge is 2.29. The summed E-state index contributed by atoms with van der Waals surface area (Å²) in [5, 5.41) is 5.77. The van der Waals surface area contributed by atoms with E-state index in [-0.39, 0.29) is 17.9 Å². The number of aryl methyl sites for hydroxylation is 1. The van der Waals surface area contributed by atoms with Crippen molar-refractivity contribution < 1.29 is 9.59 Å². The van der Waals surface area contributed by atoms with Crippen molar-refractivity contribution in [3.8, 4) is 0 Å². The predicted octanol–water partition coefficient (Wildman–Crippen LogP) is 3.75. The summed E-state index contributed by atoms with van der Waals surface area (Å²) in [6.07, 6.45) is 1.54. The molecule has 1 aliphatic heterocycles. The number of amides is 3. The fourth-order valence-electron chi connectivity index (χ4n) is 3.53. The molecule has 3 N–H and O–H groups in total. The molecule has 1 fully saturated rings. The van der Waals surface area contributed by atoms with E-state index in [1.807, 2.05) is 55.5 Å². The summed E-state index contributed by atoms with van der Waals surface area (Å²) >= 11 is 0. The van der Waals surface area contributed by atoms with Crippen molar-refractivity contribution in [2.45, 2.75) is 19.8 Å². The van der Waals surface area contributed by atoms with Gasteiger partial charge in [0.2, 0.25) is 11.9 Å². The maximum atomic E-state index is 12.7. The number of H-pyrrole nitrogens is 1. The Hall–Kier alpha value is -3.35. The van der Waals surface area contributed by atoms with Gasteiger partial charge in [-0.3, -0.25) is 10.1 Å². The smallest absolute Gasteiger partial charge is 0.321 e. The van der Waals surface area contributed by atoms with Crippen LogP contribution in [0.3, 0.4) is 0 Å². The van der Waals surface area contributed by atoms with Crippen LogP contribution in [0.25, 0.3) is 11.0 Å². The van der Waals surface area contributed by atoms with E-state index >= 15 is 0 Å². The van der Waals surface area contributed by atoms with Gasteiger partial charge in [0, 0.05) is 18.8 Å². The number of imidazole rings is 1. The van der Waals surface area contributed by atoms with Gasteiger partial charge in [0.15, 0.2) is 0 Å². The molecule has 28 heavy (non-hydrogen) atoms. The Morgan fingerprint density at radius 1 is 1.14 bits per heavy atom. The molecular formula is C21H23N5O2. The molecule has 0 spiro atoms. The van der Waals surface area contributed by atoms with Crippen molar-refractivity contribution in [1.82, 2.24) is 14.9 Å². The largest absolute Gasteiger partial charge is 0.324 e. The van der Waals surface area contributed by atoms with Gasteiger partial charge in [-0.05, 0) is 49.6 Å². The first-order valence-electron chi connectivity index (χ1n) is 9.47. The number of urea groups is 1. The number of benzene rings is 2. The Morgan fingerprint density at radius 3 is 2.82 bits per heavy atom. The van der Waals surface area contributed by atoms with Crippen LogP contribution in [0.5, 0.6) is 0 Å². The molecule has 2 aromatic carbocycles. The first kappa shape index (κ1) is 18.0. The summed E-state index contributed by atoms with van der Waals surface area (Å²) in [4.78, 5) is 34.5. The summed E-state index contributed by atoms with van der Waals surface area (Å²) in [7, 11) is 0. The third-order valence-electron chi connectivity index (χ3n) is 4.98. The van der Waals surface area contributed by atoms with E-state index in [1.54, 1.807) is 4.90 Å². The lowest BCUT2D eigenvalue weighted by Gasteiger charge is -2.31. The van der Waals surface area contributed by atoms with E-state index in [0.717, 1.165) is 35.1 Å². The lowest BCUT2D eigenvalue weighted by Crippen LogP contribution is -2.45. The van der Waals surface area contributed by atoms with Crippen LogP contribution in [0, 0.1) is 12.8 Å². The molecular weight excluding hydrogens is 354 g/mol. The summed E-state index contributed by atoms with van der Waals surface area (Å²) in [5.74, 6) is 0.0601. The van der Waals surface area contributed by atoms with Crippen LogP contribution in [0.15, 0.2) is 48.5 Å². The molecule has 1 atom stereocenters. The highest BCUT2D eigenvalue weighted by Crippen LogP contribution is 2.20. The number of carbonyl (C=O) groups is 2. The number of likely N-dealkylation sites (tertiary alicyclic amines) is 1. The molecule has 1 aliphatic rings. The molecule has 1 unspecified atom stereocenters. The van der Waals surface area contributed by atoms with Gasteiger partial charge in [0.1, 0.15) is 0 Å². The zero-order valence-corrected chi connectivity index (χ0v) is 15.7. The second-order valence-corrected chi connectivity index (χ2v) is 7.18. The Labute approximate surface area is 163 Å². The molecule has 7 nitrogen and oxygen atoms in total. The van der Waals surface area contributed by atoms with Gasteiger partial charge in [0.05, 0.1) is 17.0 Å². The molecule has 144 valence electrons. The highest BCUT2D eigenvalue weighted by atomic mass is 16.2. The number of hydrogen-bond acceptors (Lipinski definition) is 3. The Kier molecular flexibility index (Phi) is 4.97. The van der Waals surface area contributed by atoms with Crippen LogP contribution in [-0.4, -0.2) is 39.9 Å². The van der Waals surface area contributed by atoms with E-state index in [4.69, 9.17) is 0 Å². The quantitative estimate of drug-likeness (QED) is 0.649. The Balaban J connectivity index is 1.38. The normalized spacial score (nSPS) is 16.8. The number of aromatic amines is 1. The fraction of sp³-hybridized carbons (Fsp3) is 0.286. The fourth-order valence-corrected chi connectivity index (χ4v) is 3.53. The van der Waals surface area contributed by atoms with E-state index in [2.05, 4.69) is 20.6 Å². The number of anilines is 2. The SMILES string of the molecule is Cc1cccc(NC(=O)N2CCCC(C(=O)Nc3nc4ccccc4[nH]3)C2)c1. The zero-order valence-electron chi connectivity index (χ0n) is 15.7. The number of fused-ring (bicyclic) bond motifs is 1. The molecule has 0 aliphatic carbocycles. The number of rotatable bonds is 3. The van der Waals surface area contributed by atoms with Gasteiger partial charge in [0.25, 0.3) is 0 Å². The van der Waals surface area contributed by atoms with Crippen LogP contribution in [0.4, 0.5) is 16.4 Å². The van der Waals surface area contributed by atoms with Gasteiger partial charge < -0.3 is 15.2 Å². The maximum Gasteiger partial charge on any atom is 0.321 e. The molecule has 3 aromatic rings. The van der Waals surface area contributed by atoms with Gasteiger partial charge in [-0.2, -0.15) is 0 Å². The lowest BCUT2D eigenvalue weighted by molar-refractivity contribution is -0.121. The Morgan fingerprint density at radius 2 is 2.00 bits per heavy atom. The highest BCUT2D eigenvalue weighted by molar-refractivity contribution is 5.94. The minimum atomic E-state index is -0.259. The summed E-state index contributed by atoms with van der Waals surface area (Å²) in [5.41, 5.74) is 3.53. The van der Waals surface area contributed by atoms with E-state index in [1.165, 1.54) is 0 Å². The third-order valence-corrected chi connectivity index (χ3v) is 4.98. The van der Waals surface area contributed by atoms with Crippen molar-refractivity contribution in [1.29, 1.82) is 0 Å². The summed E-state index contributed by atoms with van der Waals surface area (Å²) < 4.78 is 0. The van der Waals surface area contributed by atoms with E-state index < -0.39 is 0 Å². The van der Waals surface area contributed by atoms with Crippen LogP contribution in [0.2, 0.25) is 0 Å². The van der Waals surface area contributed by atoms with Gasteiger partial charge in [-0.15, -0.1) is 0 Å². The first-order chi connectivity index (χ1) is 13.6. The minimum Gasteiger partial charge on any atom is -0.324 e. The minimum absolute atomic E-state index is 0.118. The number of hydrogen-bond donors (Lipinski definition) is 3. The van der Waals surface area contributed by atoms with Crippen molar-refractivity contribution in [2.24, 2.45) is 5.92 Å². The Bertz CT molecular complexity index is 980. The summed E-state index contributed by atoms with van der Waals surface area (Å²) in [6.45, 7) is 3.02. The van der Waals surface area contributed by atoms with Crippen molar-refractivity contribution in [3.05, 3.63) is 54.1 Å². The molecule has 0 saturated carbocycles. The van der Waals surface area contributed by atoms with Gasteiger partial charge >= 0.3 is 6.03 Å². The van der Waals surface area contributed by atoms with Gasteiger partial charge in [-0.25, -0.2) is 9.78 Å². The van der Waals surface area contributed by atoms with Crippen LogP contribution < -0.4 is 10.6 Å². The van der Waals surface area contributed by atoms with Crippen molar-refractivity contribution in [2.75, 3.05) is 23.7 Å². The molecule has 4 rings (SSSR count). The standard InChI is InChI=1S/C21H23N5O2/c1-14-6-4-8-16(12-14)22-21(28)26-11-5-7-15(13-26)19(27)25-20-23-17-9-2-3-10-18(17)24-20/h2-4,6,8-10,12,15H,5,7,11,13H2,1H3,(H,22,28)(H2,23,24,25,27). The third kappa shape index (κ3) is 3.98. The predicted molar refractivity (Wildman–Crippen MR) is 109 cm³/mol.